The molecule has 0 spiro atoms. The highest BCUT2D eigenvalue weighted by atomic mass is 16.5. The van der Waals surface area contributed by atoms with Crippen molar-refractivity contribution in [2.75, 3.05) is 20.7 Å². The van der Waals surface area contributed by atoms with Crippen LogP contribution in [0.2, 0.25) is 0 Å². The number of amides is 3. The highest BCUT2D eigenvalue weighted by Gasteiger charge is 2.47. The molecule has 0 N–H and O–H groups in total. The van der Waals surface area contributed by atoms with Gasteiger partial charge in [-0.05, 0) is 43.5 Å². The fourth-order valence-corrected chi connectivity index (χ4v) is 4.50. The summed E-state index contributed by atoms with van der Waals surface area (Å²) in [7, 11) is 3.27. The van der Waals surface area contributed by atoms with E-state index in [1.54, 1.807) is 14.2 Å². The number of carbonyl (C=O) groups excluding carboxylic acids is 3. The standard InChI is InChI=1S/C23H28N4O5/c1-26(14-19-24-21(25-32-19)15-9-11-16(31-2)12-10-15)20(28)8-5-13-27-22(29)17-6-3-4-7-18(17)23(27)30/h9-12,17-18H,3-8,13-14H2,1-2H3. The van der Waals surface area contributed by atoms with Gasteiger partial charge in [0, 0.05) is 25.6 Å². The van der Waals surface area contributed by atoms with Crippen molar-refractivity contribution < 1.29 is 23.6 Å². The summed E-state index contributed by atoms with van der Waals surface area (Å²) in [5, 5.41) is 3.97. The van der Waals surface area contributed by atoms with Crippen molar-refractivity contribution in [2.45, 2.75) is 45.1 Å². The van der Waals surface area contributed by atoms with Gasteiger partial charge in [-0.1, -0.05) is 18.0 Å². The average Bonchev–Trinajstić information content (AvgIpc) is 3.37. The molecule has 1 aromatic heterocycles. The molecule has 3 amide bonds. The summed E-state index contributed by atoms with van der Waals surface area (Å²) in [5.41, 5.74) is 0.787. The van der Waals surface area contributed by atoms with Gasteiger partial charge in [0.05, 0.1) is 25.5 Å². The lowest BCUT2D eigenvalue weighted by Gasteiger charge is -2.19. The van der Waals surface area contributed by atoms with E-state index in [0.29, 0.717) is 24.7 Å². The first-order valence-electron chi connectivity index (χ1n) is 11.0. The number of aromatic nitrogens is 2. The van der Waals surface area contributed by atoms with E-state index in [4.69, 9.17) is 9.26 Å². The van der Waals surface area contributed by atoms with E-state index in [-0.39, 0.29) is 42.5 Å². The van der Waals surface area contributed by atoms with Crippen LogP contribution in [0.1, 0.15) is 44.4 Å². The smallest absolute Gasteiger partial charge is 0.246 e. The number of hydrogen-bond acceptors (Lipinski definition) is 7. The maximum atomic E-state index is 12.5. The molecule has 4 rings (SSSR count). The molecule has 1 saturated carbocycles. The second kappa shape index (κ2) is 9.50. The molecule has 2 fully saturated rings. The van der Waals surface area contributed by atoms with Crippen molar-refractivity contribution in [3.63, 3.8) is 0 Å². The zero-order valence-corrected chi connectivity index (χ0v) is 18.5. The van der Waals surface area contributed by atoms with Crippen LogP contribution in [0.4, 0.5) is 0 Å². The van der Waals surface area contributed by atoms with E-state index in [0.717, 1.165) is 37.0 Å². The van der Waals surface area contributed by atoms with Gasteiger partial charge in [-0.25, -0.2) is 0 Å². The molecule has 170 valence electrons. The first kappa shape index (κ1) is 22.0. The highest BCUT2D eigenvalue weighted by molar-refractivity contribution is 6.05. The maximum absolute atomic E-state index is 12.5. The lowest BCUT2D eigenvalue weighted by Crippen LogP contribution is -2.33. The first-order chi connectivity index (χ1) is 15.5. The minimum Gasteiger partial charge on any atom is -0.497 e. The summed E-state index contributed by atoms with van der Waals surface area (Å²) in [5.74, 6) is 0.996. The van der Waals surface area contributed by atoms with E-state index >= 15 is 0 Å². The van der Waals surface area contributed by atoms with Gasteiger partial charge in [-0.15, -0.1) is 0 Å². The molecule has 2 unspecified atom stereocenters. The number of hydrogen-bond donors (Lipinski definition) is 0. The predicted molar refractivity (Wildman–Crippen MR) is 114 cm³/mol. The molecule has 2 heterocycles. The van der Waals surface area contributed by atoms with E-state index in [2.05, 4.69) is 10.1 Å². The zero-order valence-electron chi connectivity index (χ0n) is 18.5. The molecule has 0 bridgehead atoms. The van der Waals surface area contributed by atoms with Gasteiger partial charge in [0.15, 0.2) is 0 Å². The maximum Gasteiger partial charge on any atom is 0.246 e. The molecular formula is C23H28N4O5. The minimum absolute atomic E-state index is 0.0579. The lowest BCUT2D eigenvalue weighted by atomic mass is 9.81. The fraction of sp³-hybridized carbons (Fsp3) is 0.522. The number of ether oxygens (including phenoxy) is 1. The molecule has 2 atom stereocenters. The molecule has 1 aromatic carbocycles. The van der Waals surface area contributed by atoms with E-state index in [1.807, 2.05) is 24.3 Å². The Bertz CT molecular complexity index is 963. The average molecular weight is 441 g/mol. The molecule has 1 aliphatic carbocycles. The largest absolute Gasteiger partial charge is 0.497 e. The monoisotopic (exact) mass is 440 g/mol. The Morgan fingerprint density at radius 2 is 1.81 bits per heavy atom. The summed E-state index contributed by atoms with van der Waals surface area (Å²) < 4.78 is 10.4. The third-order valence-corrected chi connectivity index (χ3v) is 6.32. The van der Waals surface area contributed by atoms with Crippen LogP contribution < -0.4 is 4.74 Å². The SMILES string of the molecule is COc1ccc(-c2noc(CN(C)C(=O)CCCN3C(=O)C4CCCCC4C3=O)n2)cc1. The molecule has 1 aliphatic heterocycles. The van der Waals surface area contributed by atoms with Gasteiger partial charge in [0.1, 0.15) is 5.75 Å². The molecule has 2 aliphatic rings. The number of imide groups is 1. The van der Waals surface area contributed by atoms with Crippen LogP contribution in [-0.4, -0.2) is 58.4 Å². The number of likely N-dealkylation sites (tertiary alicyclic amines) is 1. The topological polar surface area (TPSA) is 106 Å². The third-order valence-electron chi connectivity index (χ3n) is 6.32. The summed E-state index contributed by atoms with van der Waals surface area (Å²) in [4.78, 5) is 44.8. The van der Waals surface area contributed by atoms with Crippen molar-refractivity contribution >= 4 is 17.7 Å². The number of fused-ring (bicyclic) bond motifs is 1. The third kappa shape index (κ3) is 4.51. The van der Waals surface area contributed by atoms with Gasteiger partial charge < -0.3 is 14.2 Å². The fourth-order valence-electron chi connectivity index (χ4n) is 4.50. The molecule has 32 heavy (non-hydrogen) atoms. The van der Waals surface area contributed by atoms with Crippen LogP contribution in [0, 0.1) is 11.8 Å². The number of benzene rings is 1. The number of carbonyl (C=O) groups is 3. The number of methoxy groups -OCH3 is 1. The van der Waals surface area contributed by atoms with Gasteiger partial charge in [-0.3, -0.25) is 19.3 Å². The van der Waals surface area contributed by atoms with Crippen molar-refractivity contribution in [2.24, 2.45) is 11.8 Å². The van der Waals surface area contributed by atoms with Crippen molar-refractivity contribution in [3.8, 4) is 17.1 Å². The van der Waals surface area contributed by atoms with Gasteiger partial charge in [0.2, 0.25) is 29.4 Å². The molecule has 9 nitrogen and oxygen atoms in total. The molecule has 9 heteroatoms. The van der Waals surface area contributed by atoms with Crippen LogP contribution in [0.3, 0.4) is 0 Å². The minimum atomic E-state index is -0.146. The lowest BCUT2D eigenvalue weighted by molar-refractivity contribution is -0.140. The van der Waals surface area contributed by atoms with Crippen LogP contribution >= 0.6 is 0 Å². The Morgan fingerprint density at radius 3 is 2.44 bits per heavy atom. The Morgan fingerprint density at radius 1 is 1.16 bits per heavy atom. The normalized spacial score (nSPS) is 20.4. The zero-order chi connectivity index (χ0) is 22.7. The molecule has 2 aromatic rings. The number of nitrogens with zero attached hydrogens (tertiary/aromatic N) is 4. The number of rotatable bonds is 8. The van der Waals surface area contributed by atoms with Gasteiger partial charge in [0.25, 0.3) is 0 Å². The van der Waals surface area contributed by atoms with Crippen LogP contribution in [0.25, 0.3) is 11.4 Å². The second-order valence-corrected chi connectivity index (χ2v) is 8.42. The van der Waals surface area contributed by atoms with Crippen LogP contribution in [0.15, 0.2) is 28.8 Å². The summed E-state index contributed by atoms with van der Waals surface area (Å²) >= 11 is 0. The Kier molecular flexibility index (Phi) is 6.53. The van der Waals surface area contributed by atoms with E-state index in [1.165, 1.54) is 9.80 Å². The van der Waals surface area contributed by atoms with E-state index < -0.39 is 0 Å². The van der Waals surface area contributed by atoms with Gasteiger partial charge in [-0.2, -0.15) is 4.98 Å². The van der Waals surface area contributed by atoms with Crippen molar-refractivity contribution in [1.82, 2.24) is 19.9 Å². The first-order valence-corrected chi connectivity index (χ1v) is 11.0. The molecule has 1 saturated heterocycles. The van der Waals surface area contributed by atoms with Gasteiger partial charge >= 0.3 is 0 Å². The molecular weight excluding hydrogens is 412 g/mol. The Balaban J connectivity index is 1.26. The summed E-state index contributed by atoms with van der Waals surface area (Å²) in [6.07, 6.45) is 4.30. The quantitative estimate of drug-likeness (QED) is 0.581. The summed E-state index contributed by atoms with van der Waals surface area (Å²) in [6.45, 7) is 0.486. The summed E-state index contributed by atoms with van der Waals surface area (Å²) in [6, 6.07) is 7.29. The highest BCUT2D eigenvalue weighted by Crippen LogP contribution is 2.38. The predicted octanol–water partition coefficient (Wildman–Crippen LogP) is 2.66. The van der Waals surface area contributed by atoms with Crippen molar-refractivity contribution in [3.05, 3.63) is 30.2 Å². The van der Waals surface area contributed by atoms with Crippen molar-refractivity contribution in [1.29, 1.82) is 0 Å². The molecule has 0 radical (unpaired) electrons. The van der Waals surface area contributed by atoms with E-state index in [9.17, 15) is 14.4 Å². The Labute approximate surface area is 186 Å². The second-order valence-electron chi connectivity index (χ2n) is 8.42. The Hall–Kier alpha value is -3.23. The van der Waals surface area contributed by atoms with Crippen LogP contribution in [-0.2, 0) is 20.9 Å². The van der Waals surface area contributed by atoms with Crippen LogP contribution in [0.5, 0.6) is 5.75 Å².